The Balaban J connectivity index is 1.34. The van der Waals surface area contributed by atoms with E-state index < -0.39 is 0 Å². The summed E-state index contributed by atoms with van der Waals surface area (Å²) >= 11 is 0. The van der Waals surface area contributed by atoms with E-state index in [1.54, 1.807) is 13.0 Å². The summed E-state index contributed by atoms with van der Waals surface area (Å²) in [4.78, 5) is 18.8. The third kappa shape index (κ3) is 4.04. The van der Waals surface area contributed by atoms with Crippen molar-refractivity contribution in [3.63, 3.8) is 0 Å². The minimum absolute atomic E-state index is 0.0749. The van der Waals surface area contributed by atoms with E-state index >= 15 is 0 Å². The Morgan fingerprint density at radius 3 is 2.00 bits per heavy atom. The van der Waals surface area contributed by atoms with Crippen LogP contribution in [0.15, 0.2) is 22.7 Å². The van der Waals surface area contributed by atoms with E-state index in [-0.39, 0.29) is 5.91 Å². The molecule has 0 bridgehead atoms. The fourth-order valence-electron chi connectivity index (χ4n) is 3.72. The normalized spacial score (nSPS) is 18.5. The lowest BCUT2D eigenvalue weighted by Gasteiger charge is -2.34. The van der Waals surface area contributed by atoms with E-state index in [2.05, 4.69) is 31.2 Å². The predicted molar refractivity (Wildman–Crippen MR) is 102 cm³/mol. The van der Waals surface area contributed by atoms with Crippen molar-refractivity contribution < 1.29 is 9.32 Å². The summed E-state index contributed by atoms with van der Waals surface area (Å²) in [6.07, 6.45) is 5.06. The van der Waals surface area contributed by atoms with E-state index in [1.165, 1.54) is 25.7 Å². The largest absolute Gasteiger partial charge is 0.361 e. The van der Waals surface area contributed by atoms with E-state index in [1.807, 2.05) is 11.0 Å². The monoisotopic (exact) mass is 370 g/mol. The smallest absolute Gasteiger partial charge is 0.276 e. The predicted octanol–water partition coefficient (Wildman–Crippen LogP) is 2.12. The van der Waals surface area contributed by atoms with Crippen LogP contribution in [0.2, 0.25) is 0 Å². The van der Waals surface area contributed by atoms with Gasteiger partial charge >= 0.3 is 0 Å². The number of carbonyl (C=O) groups is 1. The van der Waals surface area contributed by atoms with Crippen LogP contribution >= 0.6 is 0 Å². The second-order valence-corrected chi connectivity index (χ2v) is 7.25. The maximum Gasteiger partial charge on any atom is 0.276 e. The van der Waals surface area contributed by atoms with Crippen molar-refractivity contribution >= 4 is 17.5 Å². The van der Waals surface area contributed by atoms with Crippen LogP contribution in [0.25, 0.3) is 0 Å². The third-order valence-electron chi connectivity index (χ3n) is 5.30. The molecule has 8 nitrogen and oxygen atoms in total. The van der Waals surface area contributed by atoms with Gasteiger partial charge in [0.1, 0.15) is 5.76 Å². The van der Waals surface area contributed by atoms with Gasteiger partial charge in [-0.1, -0.05) is 18.0 Å². The van der Waals surface area contributed by atoms with Gasteiger partial charge in [-0.2, -0.15) is 0 Å². The molecule has 0 unspecified atom stereocenters. The average Bonchev–Trinajstić information content (AvgIpc) is 2.97. The highest BCUT2D eigenvalue weighted by Gasteiger charge is 2.25. The van der Waals surface area contributed by atoms with E-state index in [0.29, 0.717) is 24.5 Å². The zero-order chi connectivity index (χ0) is 18.6. The van der Waals surface area contributed by atoms with Gasteiger partial charge in [-0.15, -0.1) is 10.2 Å². The summed E-state index contributed by atoms with van der Waals surface area (Å²) in [5.74, 6) is 2.42. The summed E-state index contributed by atoms with van der Waals surface area (Å²) in [5.41, 5.74) is 0.377. The number of aryl methyl sites for hydroxylation is 1. The average molecular weight is 370 g/mol. The van der Waals surface area contributed by atoms with Crippen molar-refractivity contribution in [2.75, 3.05) is 49.1 Å². The van der Waals surface area contributed by atoms with Gasteiger partial charge in [-0.3, -0.25) is 4.79 Å². The first-order chi connectivity index (χ1) is 13.2. The number of piperazine rings is 1. The molecule has 0 saturated carbocycles. The molecule has 2 aliphatic rings. The van der Waals surface area contributed by atoms with Crippen LogP contribution in [0, 0.1) is 6.92 Å². The standard InChI is InChI=1S/C19H26N6O2/c1-15-14-16(22-27-15)19(26)25-12-10-24(11-13-25)18-7-6-17(20-21-18)23-8-4-2-3-5-9-23/h6-7,14H,2-5,8-13H2,1H3. The Labute approximate surface area is 159 Å². The number of hydrogen-bond acceptors (Lipinski definition) is 7. The first-order valence-corrected chi connectivity index (χ1v) is 9.77. The van der Waals surface area contributed by atoms with Gasteiger partial charge < -0.3 is 19.2 Å². The summed E-state index contributed by atoms with van der Waals surface area (Å²) in [6, 6.07) is 5.80. The van der Waals surface area contributed by atoms with Crippen LogP contribution in [0.4, 0.5) is 11.6 Å². The van der Waals surface area contributed by atoms with Gasteiger partial charge in [0.2, 0.25) is 0 Å². The maximum absolute atomic E-state index is 12.5. The molecule has 1 amide bonds. The van der Waals surface area contributed by atoms with Gasteiger partial charge in [0.15, 0.2) is 17.3 Å². The van der Waals surface area contributed by atoms with Crippen LogP contribution in [-0.4, -0.2) is 65.4 Å². The van der Waals surface area contributed by atoms with E-state index in [9.17, 15) is 4.79 Å². The van der Waals surface area contributed by atoms with Crippen molar-refractivity contribution in [2.45, 2.75) is 32.6 Å². The van der Waals surface area contributed by atoms with Gasteiger partial charge in [-0.05, 0) is 31.9 Å². The molecule has 2 fully saturated rings. The number of hydrogen-bond donors (Lipinski definition) is 0. The molecular formula is C19H26N6O2. The van der Waals surface area contributed by atoms with Crippen molar-refractivity contribution in [2.24, 2.45) is 0 Å². The highest BCUT2D eigenvalue weighted by atomic mass is 16.5. The number of nitrogens with zero attached hydrogens (tertiary/aromatic N) is 6. The zero-order valence-corrected chi connectivity index (χ0v) is 15.8. The minimum Gasteiger partial charge on any atom is -0.361 e. The number of carbonyl (C=O) groups excluding carboxylic acids is 1. The Morgan fingerprint density at radius 1 is 0.889 bits per heavy atom. The summed E-state index contributed by atoms with van der Waals surface area (Å²) < 4.78 is 5.01. The van der Waals surface area contributed by atoms with Gasteiger partial charge in [0.05, 0.1) is 0 Å². The van der Waals surface area contributed by atoms with Crippen LogP contribution in [0.5, 0.6) is 0 Å². The lowest BCUT2D eigenvalue weighted by Crippen LogP contribution is -2.49. The highest BCUT2D eigenvalue weighted by Crippen LogP contribution is 2.20. The van der Waals surface area contributed by atoms with Crippen molar-refractivity contribution in [3.05, 3.63) is 29.7 Å². The fourth-order valence-corrected chi connectivity index (χ4v) is 3.72. The molecule has 2 aliphatic heterocycles. The van der Waals surface area contributed by atoms with E-state index in [4.69, 9.17) is 4.52 Å². The second kappa shape index (κ2) is 7.94. The molecule has 0 atom stereocenters. The van der Waals surface area contributed by atoms with Crippen molar-refractivity contribution in [1.82, 2.24) is 20.3 Å². The van der Waals surface area contributed by atoms with Crippen molar-refractivity contribution in [1.29, 1.82) is 0 Å². The molecule has 0 aromatic carbocycles. The summed E-state index contributed by atoms with van der Waals surface area (Å²) in [5, 5.41) is 12.7. The molecule has 0 spiro atoms. The summed E-state index contributed by atoms with van der Waals surface area (Å²) in [6.45, 7) is 6.67. The zero-order valence-electron chi connectivity index (χ0n) is 15.8. The Bertz CT molecular complexity index is 759. The number of amides is 1. The van der Waals surface area contributed by atoms with Gasteiger partial charge in [0.25, 0.3) is 5.91 Å². The molecule has 144 valence electrons. The molecule has 2 aromatic heterocycles. The molecule has 0 aliphatic carbocycles. The molecular weight excluding hydrogens is 344 g/mol. The molecule has 2 saturated heterocycles. The molecule has 8 heteroatoms. The maximum atomic E-state index is 12.5. The Kier molecular flexibility index (Phi) is 5.22. The number of anilines is 2. The second-order valence-electron chi connectivity index (χ2n) is 7.25. The van der Waals surface area contributed by atoms with Crippen molar-refractivity contribution in [3.8, 4) is 0 Å². The number of aromatic nitrogens is 3. The lowest BCUT2D eigenvalue weighted by molar-refractivity contribution is 0.0736. The first-order valence-electron chi connectivity index (χ1n) is 9.77. The van der Waals surface area contributed by atoms with Crippen LogP contribution in [-0.2, 0) is 0 Å². The molecule has 27 heavy (non-hydrogen) atoms. The first kappa shape index (κ1) is 17.8. The quantitative estimate of drug-likeness (QED) is 0.819. The van der Waals surface area contributed by atoms with E-state index in [0.717, 1.165) is 37.8 Å². The molecule has 4 heterocycles. The summed E-state index contributed by atoms with van der Waals surface area (Å²) in [7, 11) is 0. The molecule has 4 rings (SSSR count). The highest BCUT2D eigenvalue weighted by molar-refractivity contribution is 5.92. The SMILES string of the molecule is Cc1cc(C(=O)N2CCN(c3ccc(N4CCCCCC4)nn3)CC2)no1. The van der Waals surface area contributed by atoms with Crippen LogP contribution < -0.4 is 9.80 Å². The molecule has 2 aromatic rings. The van der Waals surface area contributed by atoms with Crippen LogP contribution in [0.3, 0.4) is 0 Å². The Hall–Kier alpha value is -2.64. The van der Waals surface area contributed by atoms with Gasteiger partial charge in [-0.25, -0.2) is 0 Å². The topological polar surface area (TPSA) is 78.6 Å². The number of rotatable bonds is 3. The van der Waals surface area contributed by atoms with Crippen LogP contribution in [0.1, 0.15) is 41.9 Å². The minimum atomic E-state index is -0.0749. The third-order valence-corrected chi connectivity index (χ3v) is 5.30. The fraction of sp³-hybridized carbons (Fsp3) is 0.579. The molecule has 0 N–H and O–H groups in total. The van der Waals surface area contributed by atoms with Gasteiger partial charge in [0, 0.05) is 45.3 Å². The lowest BCUT2D eigenvalue weighted by atomic mass is 10.2. The molecule has 0 radical (unpaired) electrons. The Morgan fingerprint density at radius 2 is 1.48 bits per heavy atom.